The molecule has 0 N–H and O–H groups in total. The highest BCUT2D eigenvalue weighted by atomic mass is 32.2. The SMILES string of the molecule is CCc1cc(Oc2ccc(C)cc2)nc(SCc2ccc(C(C)(C)C)cc2)n1. The number of hydrogen-bond donors (Lipinski definition) is 0. The molecule has 0 radical (unpaired) electrons. The molecule has 0 atom stereocenters. The Morgan fingerprint density at radius 3 is 2.21 bits per heavy atom. The highest BCUT2D eigenvalue weighted by molar-refractivity contribution is 7.98. The second kappa shape index (κ2) is 8.78. The highest BCUT2D eigenvalue weighted by Gasteiger charge is 2.13. The molecular weight excluding hydrogens is 364 g/mol. The lowest BCUT2D eigenvalue weighted by molar-refractivity contribution is 0.454. The van der Waals surface area contributed by atoms with Gasteiger partial charge in [-0.05, 0) is 42.0 Å². The summed E-state index contributed by atoms with van der Waals surface area (Å²) >= 11 is 1.64. The Kier molecular flexibility index (Phi) is 6.40. The lowest BCUT2D eigenvalue weighted by Crippen LogP contribution is -2.10. The minimum Gasteiger partial charge on any atom is -0.439 e. The number of nitrogens with zero attached hydrogens (tertiary/aromatic N) is 2. The average Bonchev–Trinajstić information content (AvgIpc) is 2.67. The molecule has 0 aliphatic carbocycles. The van der Waals surface area contributed by atoms with E-state index in [0.29, 0.717) is 5.88 Å². The van der Waals surface area contributed by atoms with Gasteiger partial charge in [0.1, 0.15) is 5.75 Å². The molecule has 3 aromatic rings. The van der Waals surface area contributed by atoms with E-state index in [1.54, 1.807) is 11.8 Å². The topological polar surface area (TPSA) is 35.0 Å². The van der Waals surface area contributed by atoms with Crippen LogP contribution in [-0.4, -0.2) is 9.97 Å². The van der Waals surface area contributed by atoms with Gasteiger partial charge in [-0.1, -0.05) is 81.4 Å². The van der Waals surface area contributed by atoms with E-state index >= 15 is 0 Å². The molecule has 4 heteroatoms. The van der Waals surface area contributed by atoms with E-state index in [9.17, 15) is 0 Å². The average molecular weight is 393 g/mol. The molecule has 0 spiro atoms. The number of ether oxygens (including phenoxy) is 1. The molecule has 146 valence electrons. The lowest BCUT2D eigenvalue weighted by atomic mass is 9.87. The number of benzene rings is 2. The molecule has 0 fully saturated rings. The lowest BCUT2D eigenvalue weighted by Gasteiger charge is -2.19. The van der Waals surface area contributed by atoms with Gasteiger partial charge >= 0.3 is 0 Å². The van der Waals surface area contributed by atoms with Crippen LogP contribution in [0.5, 0.6) is 11.6 Å². The second-order valence-electron chi connectivity index (χ2n) is 7.98. The number of aryl methyl sites for hydroxylation is 2. The summed E-state index contributed by atoms with van der Waals surface area (Å²) in [5, 5.41) is 0.751. The fraction of sp³-hybridized carbons (Fsp3) is 0.333. The van der Waals surface area contributed by atoms with Crippen molar-refractivity contribution in [3.05, 3.63) is 77.0 Å². The maximum Gasteiger partial charge on any atom is 0.223 e. The van der Waals surface area contributed by atoms with E-state index in [4.69, 9.17) is 4.74 Å². The molecule has 0 aliphatic rings. The Morgan fingerprint density at radius 2 is 1.61 bits per heavy atom. The van der Waals surface area contributed by atoms with Crippen molar-refractivity contribution in [1.82, 2.24) is 9.97 Å². The van der Waals surface area contributed by atoms with E-state index in [0.717, 1.165) is 28.8 Å². The van der Waals surface area contributed by atoms with Crippen LogP contribution in [0.4, 0.5) is 0 Å². The number of thioether (sulfide) groups is 1. The van der Waals surface area contributed by atoms with Crippen molar-refractivity contribution in [2.24, 2.45) is 0 Å². The van der Waals surface area contributed by atoms with Gasteiger partial charge in [0, 0.05) is 17.5 Å². The summed E-state index contributed by atoms with van der Waals surface area (Å²) < 4.78 is 5.96. The van der Waals surface area contributed by atoms with Gasteiger partial charge < -0.3 is 4.74 Å². The predicted molar refractivity (Wildman–Crippen MR) is 117 cm³/mol. The van der Waals surface area contributed by atoms with Gasteiger partial charge in [-0.15, -0.1) is 0 Å². The molecule has 0 unspecified atom stereocenters. The molecule has 0 saturated heterocycles. The summed E-state index contributed by atoms with van der Waals surface area (Å²) in [5.41, 5.74) is 4.98. The summed E-state index contributed by atoms with van der Waals surface area (Å²) in [4.78, 5) is 9.25. The highest BCUT2D eigenvalue weighted by Crippen LogP contribution is 2.27. The van der Waals surface area contributed by atoms with Crippen molar-refractivity contribution in [2.75, 3.05) is 0 Å². The van der Waals surface area contributed by atoms with Crippen LogP contribution in [0.2, 0.25) is 0 Å². The fourth-order valence-corrected chi connectivity index (χ4v) is 3.55. The van der Waals surface area contributed by atoms with Crippen molar-refractivity contribution in [1.29, 1.82) is 0 Å². The predicted octanol–water partition coefficient (Wildman–Crippen LogP) is 6.73. The summed E-state index contributed by atoms with van der Waals surface area (Å²) in [6.07, 6.45) is 0.848. The minimum atomic E-state index is 0.173. The van der Waals surface area contributed by atoms with Crippen LogP contribution >= 0.6 is 11.8 Å². The van der Waals surface area contributed by atoms with Crippen LogP contribution in [-0.2, 0) is 17.6 Å². The Morgan fingerprint density at radius 1 is 0.929 bits per heavy atom. The van der Waals surface area contributed by atoms with Crippen molar-refractivity contribution in [3.63, 3.8) is 0 Å². The summed E-state index contributed by atoms with van der Waals surface area (Å²) in [6, 6.07) is 18.7. The van der Waals surface area contributed by atoms with Gasteiger partial charge in [-0.3, -0.25) is 0 Å². The molecular formula is C24H28N2OS. The van der Waals surface area contributed by atoms with E-state index in [1.165, 1.54) is 16.7 Å². The van der Waals surface area contributed by atoms with Crippen LogP contribution in [0, 0.1) is 6.92 Å². The zero-order valence-corrected chi connectivity index (χ0v) is 18.1. The molecule has 0 bridgehead atoms. The third kappa shape index (κ3) is 5.59. The maximum atomic E-state index is 5.96. The first kappa shape index (κ1) is 20.4. The van der Waals surface area contributed by atoms with Gasteiger partial charge in [-0.2, -0.15) is 4.98 Å². The van der Waals surface area contributed by atoms with Gasteiger partial charge in [0.25, 0.3) is 0 Å². The van der Waals surface area contributed by atoms with Crippen LogP contribution in [0.25, 0.3) is 0 Å². The Hall–Kier alpha value is -2.33. The van der Waals surface area contributed by atoms with Crippen LogP contribution < -0.4 is 4.74 Å². The van der Waals surface area contributed by atoms with Crippen molar-refractivity contribution in [2.45, 2.75) is 57.4 Å². The number of rotatable bonds is 6. The molecule has 0 amide bonds. The van der Waals surface area contributed by atoms with Gasteiger partial charge in [0.05, 0.1) is 0 Å². The largest absolute Gasteiger partial charge is 0.439 e. The van der Waals surface area contributed by atoms with E-state index in [1.807, 2.05) is 30.3 Å². The standard InChI is InChI=1S/C24H28N2OS/c1-6-20-15-22(27-21-13-7-17(2)8-14-21)26-23(25-20)28-16-18-9-11-19(12-10-18)24(3,4)5/h7-15H,6,16H2,1-5H3. The Balaban J connectivity index is 1.71. The van der Waals surface area contributed by atoms with Crippen molar-refractivity contribution < 1.29 is 4.74 Å². The summed E-state index contributed by atoms with van der Waals surface area (Å²) in [6.45, 7) is 10.9. The Labute approximate surface area is 172 Å². The first-order chi connectivity index (χ1) is 13.3. The van der Waals surface area contributed by atoms with Gasteiger partial charge in [-0.25, -0.2) is 4.98 Å². The van der Waals surface area contributed by atoms with Crippen LogP contribution in [0.15, 0.2) is 59.8 Å². The van der Waals surface area contributed by atoms with Gasteiger partial charge in [0.15, 0.2) is 5.16 Å². The fourth-order valence-electron chi connectivity index (χ4n) is 2.72. The number of hydrogen-bond acceptors (Lipinski definition) is 4. The molecule has 3 nitrogen and oxygen atoms in total. The molecule has 2 aromatic carbocycles. The van der Waals surface area contributed by atoms with Crippen LogP contribution in [0.3, 0.4) is 0 Å². The summed E-state index contributed by atoms with van der Waals surface area (Å²) in [5.74, 6) is 2.23. The molecule has 1 aromatic heterocycles. The van der Waals surface area contributed by atoms with Gasteiger partial charge in [0.2, 0.25) is 5.88 Å². The third-order valence-electron chi connectivity index (χ3n) is 4.53. The molecule has 1 heterocycles. The van der Waals surface area contributed by atoms with E-state index < -0.39 is 0 Å². The minimum absolute atomic E-state index is 0.173. The Bertz CT molecular complexity index is 913. The maximum absolute atomic E-state index is 5.96. The first-order valence-corrected chi connectivity index (χ1v) is 10.7. The normalized spacial score (nSPS) is 11.5. The molecule has 0 saturated carbocycles. The van der Waals surface area contributed by atoms with Crippen molar-refractivity contribution >= 4 is 11.8 Å². The second-order valence-corrected chi connectivity index (χ2v) is 8.93. The number of aromatic nitrogens is 2. The molecule has 28 heavy (non-hydrogen) atoms. The van der Waals surface area contributed by atoms with E-state index in [2.05, 4.69) is 68.9 Å². The quantitative estimate of drug-likeness (QED) is 0.344. The third-order valence-corrected chi connectivity index (χ3v) is 5.45. The summed E-state index contributed by atoms with van der Waals surface area (Å²) in [7, 11) is 0. The smallest absolute Gasteiger partial charge is 0.223 e. The van der Waals surface area contributed by atoms with Crippen molar-refractivity contribution in [3.8, 4) is 11.6 Å². The monoisotopic (exact) mass is 392 g/mol. The van der Waals surface area contributed by atoms with Crippen LogP contribution in [0.1, 0.15) is 50.1 Å². The first-order valence-electron chi connectivity index (χ1n) is 9.68. The zero-order chi connectivity index (χ0) is 20.1. The zero-order valence-electron chi connectivity index (χ0n) is 17.3. The molecule has 0 aliphatic heterocycles. The van der Waals surface area contributed by atoms with E-state index in [-0.39, 0.29) is 5.41 Å². The molecule has 3 rings (SSSR count).